The molecule has 0 fully saturated rings. The third kappa shape index (κ3) is 3.87. The zero-order valence-corrected chi connectivity index (χ0v) is 16.9. The molecule has 0 radical (unpaired) electrons. The lowest BCUT2D eigenvalue weighted by atomic mass is 9.95. The predicted molar refractivity (Wildman–Crippen MR) is 119 cm³/mol. The standard InChI is InChI=1S/C25H24N4/c1-4-5-7-12-21-17-22(14-13-18(21)2)19(3)25-27-26-24-16-15-23(28-29(24)25)20-10-8-6-9-11-20/h4-17,19H,1-3H3/b5-4?,12-7-/t19-/m0/s1. The molecule has 0 aliphatic carbocycles. The fourth-order valence-electron chi connectivity index (χ4n) is 3.37. The minimum atomic E-state index is 0.0676. The maximum atomic E-state index is 4.82. The summed E-state index contributed by atoms with van der Waals surface area (Å²) in [6.45, 7) is 6.30. The van der Waals surface area contributed by atoms with Crippen LogP contribution in [0.3, 0.4) is 0 Å². The molecule has 29 heavy (non-hydrogen) atoms. The van der Waals surface area contributed by atoms with Crippen molar-refractivity contribution in [2.45, 2.75) is 26.7 Å². The van der Waals surface area contributed by atoms with Crippen molar-refractivity contribution >= 4 is 11.7 Å². The van der Waals surface area contributed by atoms with Crippen molar-refractivity contribution in [1.82, 2.24) is 19.8 Å². The molecule has 0 saturated heterocycles. The normalized spacial score (nSPS) is 12.9. The van der Waals surface area contributed by atoms with E-state index in [-0.39, 0.29) is 5.92 Å². The number of allylic oxidation sites excluding steroid dienone is 3. The molecule has 2 aromatic carbocycles. The largest absolute Gasteiger partial charge is 0.196 e. The van der Waals surface area contributed by atoms with E-state index in [1.54, 1.807) is 0 Å². The SMILES string of the molecule is CC=C/C=C\c1cc([C@H](C)c2nnc3ccc(-c4ccccc4)nn23)ccc1C. The van der Waals surface area contributed by atoms with Crippen LogP contribution in [0.2, 0.25) is 0 Å². The highest BCUT2D eigenvalue weighted by atomic mass is 15.4. The topological polar surface area (TPSA) is 43.1 Å². The van der Waals surface area contributed by atoms with Gasteiger partial charge in [-0.1, -0.05) is 79.8 Å². The molecule has 1 atom stereocenters. The van der Waals surface area contributed by atoms with Gasteiger partial charge < -0.3 is 0 Å². The first-order valence-electron chi connectivity index (χ1n) is 9.85. The second-order valence-corrected chi connectivity index (χ2v) is 7.14. The van der Waals surface area contributed by atoms with Crippen LogP contribution in [0.4, 0.5) is 0 Å². The highest BCUT2D eigenvalue weighted by Gasteiger charge is 2.17. The third-order valence-corrected chi connectivity index (χ3v) is 5.13. The Balaban J connectivity index is 1.74. The van der Waals surface area contributed by atoms with Gasteiger partial charge in [-0.15, -0.1) is 10.2 Å². The molecule has 0 amide bonds. The summed E-state index contributed by atoms with van der Waals surface area (Å²) in [6.07, 6.45) is 8.27. The summed E-state index contributed by atoms with van der Waals surface area (Å²) >= 11 is 0. The second-order valence-electron chi connectivity index (χ2n) is 7.14. The maximum absolute atomic E-state index is 4.82. The Labute approximate surface area is 171 Å². The molecule has 0 unspecified atom stereocenters. The molecule has 0 aliphatic rings. The molecule has 0 aliphatic heterocycles. The summed E-state index contributed by atoms with van der Waals surface area (Å²) in [4.78, 5) is 0. The number of fused-ring (bicyclic) bond motifs is 1. The van der Waals surface area contributed by atoms with Crippen molar-refractivity contribution in [1.29, 1.82) is 0 Å². The number of hydrogen-bond donors (Lipinski definition) is 0. The van der Waals surface area contributed by atoms with Crippen LogP contribution in [0.15, 0.2) is 78.9 Å². The van der Waals surface area contributed by atoms with E-state index >= 15 is 0 Å². The van der Waals surface area contributed by atoms with Crippen LogP contribution in [-0.4, -0.2) is 19.8 Å². The average Bonchev–Trinajstić information content (AvgIpc) is 3.18. The lowest BCUT2D eigenvalue weighted by Gasteiger charge is -2.12. The number of aryl methyl sites for hydroxylation is 1. The summed E-state index contributed by atoms with van der Waals surface area (Å²) in [5, 5.41) is 13.6. The first kappa shape index (κ1) is 18.8. The Hall–Kier alpha value is -3.53. The van der Waals surface area contributed by atoms with E-state index < -0.39 is 0 Å². The smallest absolute Gasteiger partial charge is 0.177 e. The number of hydrogen-bond acceptors (Lipinski definition) is 3. The van der Waals surface area contributed by atoms with Crippen LogP contribution in [0, 0.1) is 6.92 Å². The lowest BCUT2D eigenvalue weighted by Crippen LogP contribution is -2.06. The van der Waals surface area contributed by atoms with Gasteiger partial charge in [0.15, 0.2) is 11.5 Å². The minimum absolute atomic E-state index is 0.0676. The van der Waals surface area contributed by atoms with E-state index in [9.17, 15) is 0 Å². The third-order valence-electron chi connectivity index (χ3n) is 5.13. The summed E-state index contributed by atoms with van der Waals surface area (Å²) in [6, 6.07) is 20.7. The van der Waals surface area contributed by atoms with E-state index in [4.69, 9.17) is 5.10 Å². The quantitative estimate of drug-likeness (QED) is 0.408. The van der Waals surface area contributed by atoms with E-state index in [0.717, 1.165) is 22.7 Å². The van der Waals surface area contributed by atoms with E-state index in [1.807, 2.05) is 53.9 Å². The monoisotopic (exact) mass is 380 g/mol. The van der Waals surface area contributed by atoms with Crippen LogP contribution in [-0.2, 0) is 0 Å². The fourth-order valence-corrected chi connectivity index (χ4v) is 3.37. The predicted octanol–water partition coefficient (Wildman–Crippen LogP) is 5.84. The van der Waals surface area contributed by atoms with Crippen molar-refractivity contribution in [3.8, 4) is 11.3 Å². The zero-order chi connectivity index (χ0) is 20.2. The molecule has 0 N–H and O–H groups in total. The zero-order valence-electron chi connectivity index (χ0n) is 16.9. The van der Waals surface area contributed by atoms with Gasteiger partial charge in [0, 0.05) is 11.5 Å². The van der Waals surface area contributed by atoms with Crippen LogP contribution >= 0.6 is 0 Å². The van der Waals surface area contributed by atoms with Crippen LogP contribution in [0.5, 0.6) is 0 Å². The molecule has 4 aromatic rings. The van der Waals surface area contributed by atoms with Crippen molar-refractivity contribution in [2.75, 3.05) is 0 Å². The summed E-state index contributed by atoms with van der Waals surface area (Å²) in [7, 11) is 0. The van der Waals surface area contributed by atoms with Crippen LogP contribution in [0.1, 0.15) is 42.3 Å². The Kier molecular flexibility index (Phi) is 5.34. The number of rotatable bonds is 5. The maximum Gasteiger partial charge on any atom is 0.177 e. The Morgan fingerprint density at radius 3 is 2.55 bits per heavy atom. The minimum Gasteiger partial charge on any atom is -0.196 e. The van der Waals surface area contributed by atoms with E-state index in [2.05, 4.69) is 66.5 Å². The molecule has 4 nitrogen and oxygen atoms in total. The van der Waals surface area contributed by atoms with Gasteiger partial charge in [0.2, 0.25) is 0 Å². The van der Waals surface area contributed by atoms with Gasteiger partial charge in [-0.25, -0.2) is 0 Å². The first-order valence-corrected chi connectivity index (χ1v) is 9.85. The van der Waals surface area contributed by atoms with E-state index in [1.165, 1.54) is 16.7 Å². The number of benzene rings is 2. The molecule has 2 aromatic heterocycles. The molecular formula is C25H24N4. The van der Waals surface area contributed by atoms with E-state index in [0.29, 0.717) is 0 Å². The van der Waals surface area contributed by atoms with Gasteiger partial charge in [0.1, 0.15) is 0 Å². The number of nitrogens with zero attached hydrogens (tertiary/aromatic N) is 4. The Bertz CT molecular complexity index is 1190. The molecule has 0 bridgehead atoms. The van der Waals surface area contributed by atoms with Crippen molar-refractivity contribution in [2.24, 2.45) is 0 Å². The molecule has 4 heteroatoms. The lowest BCUT2D eigenvalue weighted by molar-refractivity contribution is 0.752. The molecule has 2 heterocycles. The molecule has 0 saturated carbocycles. The van der Waals surface area contributed by atoms with Crippen molar-refractivity contribution in [3.05, 3.63) is 101 Å². The fraction of sp³-hybridized carbons (Fsp3) is 0.160. The highest BCUT2D eigenvalue weighted by Crippen LogP contribution is 2.26. The van der Waals surface area contributed by atoms with Gasteiger partial charge in [-0.2, -0.15) is 9.61 Å². The Morgan fingerprint density at radius 1 is 0.931 bits per heavy atom. The van der Waals surface area contributed by atoms with Crippen molar-refractivity contribution < 1.29 is 0 Å². The van der Waals surface area contributed by atoms with Crippen LogP contribution in [0.25, 0.3) is 23.0 Å². The molecular weight excluding hydrogens is 356 g/mol. The molecule has 144 valence electrons. The van der Waals surface area contributed by atoms with Gasteiger partial charge in [0.05, 0.1) is 5.69 Å². The average molecular weight is 380 g/mol. The first-order chi connectivity index (χ1) is 14.2. The van der Waals surface area contributed by atoms with Gasteiger partial charge in [-0.05, 0) is 42.7 Å². The van der Waals surface area contributed by atoms with Gasteiger partial charge in [-0.3, -0.25) is 0 Å². The van der Waals surface area contributed by atoms with Crippen molar-refractivity contribution in [3.63, 3.8) is 0 Å². The Morgan fingerprint density at radius 2 is 1.76 bits per heavy atom. The highest BCUT2D eigenvalue weighted by molar-refractivity contribution is 5.60. The van der Waals surface area contributed by atoms with Crippen LogP contribution < -0.4 is 0 Å². The molecule has 4 rings (SSSR count). The summed E-state index contributed by atoms with van der Waals surface area (Å²) in [5.41, 5.74) is 6.39. The summed E-state index contributed by atoms with van der Waals surface area (Å²) < 4.78 is 1.86. The number of aromatic nitrogens is 4. The second kappa shape index (κ2) is 8.23. The molecule has 0 spiro atoms. The van der Waals surface area contributed by atoms with Gasteiger partial charge >= 0.3 is 0 Å². The van der Waals surface area contributed by atoms with Gasteiger partial charge in [0.25, 0.3) is 0 Å². The summed E-state index contributed by atoms with van der Waals surface area (Å²) in [5.74, 6) is 0.906.